The van der Waals surface area contributed by atoms with Crippen LogP contribution >= 0.6 is 0 Å². The second-order valence-electron chi connectivity index (χ2n) is 5.25. The molecule has 0 aromatic heterocycles. The van der Waals surface area contributed by atoms with Gasteiger partial charge in [0.05, 0.1) is 12.7 Å². The molecule has 104 valence electrons. The van der Waals surface area contributed by atoms with Gasteiger partial charge >= 0.3 is 0 Å². The van der Waals surface area contributed by atoms with Gasteiger partial charge < -0.3 is 4.74 Å². The Kier molecular flexibility index (Phi) is 12.3. The van der Waals surface area contributed by atoms with Crippen molar-refractivity contribution in [2.75, 3.05) is 13.3 Å². The van der Waals surface area contributed by atoms with E-state index in [2.05, 4.69) is 20.8 Å². The molecule has 0 aliphatic carbocycles. The molecule has 1 nitrogen and oxygen atoms in total. The average molecular weight is 246 g/mol. The van der Waals surface area contributed by atoms with E-state index in [-0.39, 0.29) is 19.4 Å². The molecule has 2 heteroatoms. The minimum Gasteiger partial charge on any atom is -0.375 e. The van der Waals surface area contributed by atoms with Crippen molar-refractivity contribution in [2.24, 2.45) is 5.92 Å². The van der Waals surface area contributed by atoms with E-state index in [9.17, 15) is 4.39 Å². The van der Waals surface area contributed by atoms with Gasteiger partial charge in [0.15, 0.2) is 0 Å². The zero-order chi connectivity index (χ0) is 12.9. The summed E-state index contributed by atoms with van der Waals surface area (Å²) in [6, 6.07) is 0. The molecule has 0 saturated heterocycles. The van der Waals surface area contributed by atoms with Crippen LogP contribution in [0.15, 0.2) is 0 Å². The summed E-state index contributed by atoms with van der Waals surface area (Å²) in [4.78, 5) is 0. The van der Waals surface area contributed by atoms with Crippen LogP contribution in [0.1, 0.15) is 72.1 Å². The Morgan fingerprint density at radius 2 is 1.53 bits per heavy atom. The van der Waals surface area contributed by atoms with Gasteiger partial charge in [-0.15, -0.1) is 0 Å². The second kappa shape index (κ2) is 12.3. The van der Waals surface area contributed by atoms with E-state index in [4.69, 9.17) is 4.74 Å². The third kappa shape index (κ3) is 10.7. The number of rotatable bonds is 12. The number of halogens is 1. The molecule has 0 aliphatic heterocycles. The Labute approximate surface area is 107 Å². The monoisotopic (exact) mass is 246 g/mol. The molecule has 0 heterocycles. The zero-order valence-electron chi connectivity index (χ0n) is 12.0. The molecule has 0 radical (unpaired) electrons. The molecule has 0 amide bonds. The van der Waals surface area contributed by atoms with Crippen molar-refractivity contribution in [3.8, 4) is 0 Å². The van der Waals surface area contributed by atoms with E-state index in [0.29, 0.717) is 5.92 Å². The first-order valence-electron chi connectivity index (χ1n) is 7.40. The lowest BCUT2D eigenvalue weighted by Gasteiger charge is -2.20. The van der Waals surface area contributed by atoms with Crippen LogP contribution in [0, 0.1) is 5.92 Å². The Bertz CT molecular complexity index is 148. The van der Waals surface area contributed by atoms with Gasteiger partial charge in [-0.3, -0.25) is 0 Å². The molecule has 0 bridgehead atoms. The molecule has 0 rings (SSSR count). The van der Waals surface area contributed by atoms with Crippen molar-refractivity contribution < 1.29 is 9.13 Å². The lowest BCUT2D eigenvalue weighted by molar-refractivity contribution is 0.00866. The Hall–Kier alpha value is -0.110. The maximum atomic E-state index is 12.1. The summed E-state index contributed by atoms with van der Waals surface area (Å²) in [6.45, 7) is 6.46. The van der Waals surface area contributed by atoms with Crippen LogP contribution < -0.4 is 0 Å². The van der Waals surface area contributed by atoms with E-state index in [1.807, 2.05) is 0 Å². The SMILES string of the molecule is CCCCCCCCCC(OCCF)C(C)C. The van der Waals surface area contributed by atoms with E-state index in [0.717, 1.165) is 6.42 Å². The first-order valence-corrected chi connectivity index (χ1v) is 7.40. The van der Waals surface area contributed by atoms with Crippen molar-refractivity contribution >= 4 is 0 Å². The lowest BCUT2D eigenvalue weighted by Crippen LogP contribution is -2.21. The van der Waals surface area contributed by atoms with Crippen molar-refractivity contribution in [1.82, 2.24) is 0 Å². The van der Waals surface area contributed by atoms with Crippen LogP contribution in [0.25, 0.3) is 0 Å². The van der Waals surface area contributed by atoms with Gasteiger partial charge in [-0.2, -0.15) is 0 Å². The molecule has 0 saturated carbocycles. The van der Waals surface area contributed by atoms with Crippen LogP contribution in [-0.4, -0.2) is 19.4 Å². The molecular weight excluding hydrogens is 215 g/mol. The third-order valence-corrected chi connectivity index (χ3v) is 3.24. The number of hydrogen-bond donors (Lipinski definition) is 0. The maximum absolute atomic E-state index is 12.1. The molecule has 0 aliphatic rings. The zero-order valence-corrected chi connectivity index (χ0v) is 12.0. The van der Waals surface area contributed by atoms with E-state index in [1.54, 1.807) is 0 Å². The highest BCUT2D eigenvalue weighted by Crippen LogP contribution is 2.16. The van der Waals surface area contributed by atoms with E-state index in [1.165, 1.54) is 44.9 Å². The highest BCUT2D eigenvalue weighted by molar-refractivity contribution is 4.63. The predicted octanol–water partition coefficient (Wildman–Crippen LogP) is 5.14. The van der Waals surface area contributed by atoms with Crippen LogP contribution in [0.3, 0.4) is 0 Å². The largest absolute Gasteiger partial charge is 0.375 e. The van der Waals surface area contributed by atoms with Gasteiger partial charge in [0, 0.05) is 0 Å². The molecule has 0 spiro atoms. The summed E-state index contributed by atoms with van der Waals surface area (Å²) < 4.78 is 17.6. The standard InChI is InChI=1S/C15H31FO/c1-4-5-6-7-8-9-10-11-15(14(2)3)17-13-12-16/h14-15H,4-13H2,1-3H3. The number of hydrogen-bond acceptors (Lipinski definition) is 1. The quantitative estimate of drug-likeness (QED) is 0.433. The van der Waals surface area contributed by atoms with Crippen LogP contribution in [0.4, 0.5) is 4.39 Å². The van der Waals surface area contributed by atoms with Gasteiger partial charge in [0.25, 0.3) is 0 Å². The molecule has 0 N–H and O–H groups in total. The maximum Gasteiger partial charge on any atom is 0.113 e. The minimum absolute atomic E-state index is 0.251. The van der Waals surface area contributed by atoms with Crippen molar-refractivity contribution in [3.63, 3.8) is 0 Å². The normalized spacial score (nSPS) is 13.2. The molecule has 1 unspecified atom stereocenters. The number of ether oxygens (including phenoxy) is 1. The second-order valence-corrected chi connectivity index (χ2v) is 5.25. The summed E-state index contributed by atoms with van der Waals surface area (Å²) in [5.74, 6) is 0.502. The fourth-order valence-electron chi connectivity index (χ4n) is 2.11. The van der Waals surface area contributed by atoms with Gasteiger partial charge in [0.1, 0.15) is 6.67 Å². The summed E-state index contributed by atoms with van der Waals surface area (Å²) in [6.07, 6.45) is 10.6. The fraction of sp³-hybridized carbons (Fsp3) is 1.00. The first kappa shape index (κ1) is 16.9. The van der Waals surface area contributed by atoms with Gasteiger partial charge in [-0.1, -0.05) is 65.7 Å². The van der Waals surface area contributed by atoms with Gasteiger partial charge in [-0.25, -0.2) is 4.39 Å². The van der Waals surface area contributed by atoms with Gasteiger partial charge in [0.2, 0.25) is 0 Å². The van der Waals surface area contributed by atoms with Gasteiger partial charge in [-0.05, 0) is 12.3 Å². The lowest BCUT2D eigenvalue weighted by atomic mass is 9.99. The van der Waals surface area contributed by atoms with Crippen LogP contribution in [-0.2, 0) is 4.74 Å². The highest BCUT2D eigenvalue weighted by Gasteiger charge is 2.12. The smallest absolute Gasteiger partial charge is 0.113 e. The Morgan fingerprint density at radius 3 is 2.06 bits per heavy atom. The summed E-state index contributed by atoms with van der Waals surface area (Å²) in [5.41, 5.74) is 0. The molecule has 0 aromatic carbocycles. The molecule has 0 fully saturated rings. The molecule has 1 atom stereocenters. The van der Waals surface area contributed by atoms with Crippen LogP contribution in [0.5, 0.6) is 0 Å². The topological polar surface area (TPSA) is 9.23 Å². The van der Waals surface area contributed by atoms with Crippen molar-refractivity contribution in [1.29, 1.82) is 0 Å². The third-order valence-electron chi connectivity index (χ3n) is 3.24. The summed E-state index contributed by atoms with van der Waals surface area (Å²) in [7, 11) is 0. The Morgan fingerprint density at radius 1 is 0.941 bits per heavy atom. The fourth-order valence-corrected chi connectivity index (χ4v) is 2.11. The van der Waals surface area contributed by atoms with E-state index >= 15 is 0 Å². The Balaban J connectivity index is 3.41. The summed E-state index contributed by atoms with van der Waals surface area (Å²) >= 11 is 0. The van der Waals surface area contributed by atoms with Crippen molar-refractivity contribution in [3.05, 3.63) is 0 Å². The number of alkyl halides is 1. The van der Waals surface area contributed by atoms with Crippen molar-refractivity contribution in [2.45, 2.75) is 78.2 Å². The summed E-state index contributed by atoms with van der Waals surface area (Å²) in [5, 5.41) is 0. The first-order chi connectivity index (χ1) is 8.22. The minimum atomic E-state index is -0.361. The highest BCUT2D eigenvalue weighted by atomic mass is 19.1. The average Bonchev–Trinajstić information content (AvgIpc) is 2.31. The predicted molar refractivity (Wildman–Crippen MR) is 73.2 cm³/mol. The molecular formula is C15H31FO. The van der Waals surface area contributed by atoms with E-state index < -0.39 is 0 Å². The molecule has 0 aromatic rings. The molecule has 17 heavy (non-hydrogen) atoms. The van der Waals surface area contributed by atoms with Crippen LogP contribution in [0.2, 0.25) is 0 Å². The number of unbranched alkanes of at least 4 members (excludes halogenated alkanes) is 6.